The van der Waals surface area contributed by atoms with Crippen molar-refractivity contribution >= 4 is 5.91 Å². The molecule has 0 saturated carbocycles. The Hall–Kier alpha value is -1.39. The van der Waals surface area contributed by atoms with Gasteiger partial charge in [-0.15, -0.1) is 0 Å². The Bertz CT molecular complexity index is 645. The molecule has 0 radical (unpaired) electrons. The standard InChI is InChI=1S/C23H35N3O/c24-22(27)17-19-5-9-23(21-4-2-1-3-20(19)21)10-15-26(16-11-23)14-8-18-6-12-25-13-7-18/h1-4,18-19,25H,5-17H2,(H2,24,27). The smallest absolute Gasteiger partial charge is 0.218 e. The van der Waals surface area contributed by atoms with Crippen molar-refractivity contribution < 1.29 is 4.79 Å². The van der Waals surface area contributed by atoms with E-state index in [0.717, 1.165) is 12.3 Å². The van der Waals surface area contributed by atoms with Gasteiger partial charge in [0.15, 0.2) is 0 Å². The molecule has 1 amide bonds. The van der Waals surface area contributed by atoms with Crippen LogP contribution in [-0.2, 0) is 10.2 Å². The van der Waals surface area contributed by atoms with Gasteiger partial charge in [0.05, 0.1) is 0 Å². The van der Waals surface area contributed by atoms with Crippen LogP contribution < -0.4 is 11.1 Å². The van der Waals surface area contributed by atoms with E-state index < -0.39 is 0 Å². The summed E-state index contributed by atoms with van der Waals surface area (Å²) in [5, 5.41) is 3.47. The average molecular weight is 370 g/mol. The normalized spacial score (nSPS) is 26.0. The molecule has 1 atom stereocenters. The first kappa shape index (κ1) is 18.9. The zero-order chi connectivity index (χ0) is 18.7. The lowest BCUT2D eigenvalue weighted by Gasteiger charge is -2.47. The molecule has 2 heterocycles. The van der Waals surface area contributed by atoms with Crippen molar-refractivity contribution in [2.75, 3.05) is 32.7 Å². The van der Waals surface area contributed by atoms with Crippen LogP contribution in [0.4, 0.5) is 0 Å². The number of amides is 1. The van der Waals surface area contributed by atoms with Crippen LogP contribution in [0.1, 0.15) is 68.4 Å². The molecule has 1 aliphatic carbocycles. The van der Waals surface area contributed by atoms with E-state index >= 15 is 0 Å². The number of carbonyl (C=O) groups is 1. The van der Waals surface area contributed by atoms with Crippen LogP contribution in [0.15, 0.2) is 24.3 Å². The fourth-order valence-electron chi connectivity index (χ4n) is 5.79. The largest absolute Gasteiger partial charge is 0.370 e. The molecule has 0 aromatic heterocycles. The summed E-state index contributed by atoms with van der Waals surface area (Å²) in [6.45, 7) is 6.13. The van der Waals surface area contributed by atoms with Crippen molar-refractivity contribution in [1.29, 1.82) is 0 Å². The maximum absolute atomic E-state index is 11.5. The number of carbonyl (C=O) groups excluding carboxylic acids is 1. The Morgan fingerprint density at radius 3 is 2.59 bits per heavy atom. The Balaban J connectivity index is 1.39. The number of primary amides is 1. The first-order valence-electron chi connectivity index (χ1n) is 11.0. The number of nitrogens with two attached hydrogens (primary N) is 1. The summed E-state index contributed by atoms with van der Waals surface area (Å²) >= 11 is 0. The SMILES string of the molecule is NC(=O)CC1CCC2(CCN(CCC3CCNCC3)CC2)c2ccccc21. The summed E-state index contributed by atoms with van der Waals surface area (Å²) in [6.07, 6.45) is 9.42. The molecular formula is C23H35N3O. The van der Waals surface area contributed by atoms with Crippen LogP contribution in [0.5, 0.6) is 0 Å². The molecular weight excluding hydrogens is 334 g/mol. The highest BCUT2D eigenvalue weighted by atomic mass is 16.1. The van der Waals surface area contributed by atoms with Gasteiger partial charge in [-0.1, -0.05) is 24.3 Å². The highest BCUT2D eigenvalue weighted by Gasteiger charge is 2.41. The molecule has 4 nitrogen and oxygen atoms in total. The highest BCUT2D eigenvalue weighted by Crippen LogP contribution is 2.49. The second-order valence-electron chi connectivity index (χ2n) is 9.10. The van der Waals surface area contributed by atoms with Gasteiger partial charge in [0, 0.05) is 6.42 Å². The number of benzene rings is 1. The highest BCUT2D eigenvalue weighted by molar-refractivity contribution is 5.75. The van der Waals surface area contributed by atoms with Crippen LogP contribution in [0.25, 0.3) is 0 Å². The van der Waals surface area contributed by atoms with E-state index in [1.165, 1.54) is 82.4 Å². The predicted octanol–water partition coefficient (Wildman–Crippen LogP) is 3.16. The number of rotatable bonds is 5. The summed E-state index contributed by atoms with van der Waals surface area (Å²) in [4.78, 5) is 14.2. The first-order valence-corrected chi connectivity index (χ1v) is 11.0. The van der Waals surface area contributed by atoms with Crippen LogP contribution in [0.2, 0.25) is 0 Å². The third-order valence-corrected chi connectivity index (χ3v) is 7.52. The number of piperidine rings is 2. The fourth-order valence-corrected chi connectivity index (χ4v) is 5.79. The number of nitrogens with one attached hydrogen (secondary N) is 1. The van der Waals surface area contributed by atoms with Gasteiger partial charge in [0.2, 0.25) is 5.91 Å². The number of likely N-dealkylation sites (tertiary alicyclic amines) is 1. The van der Waals surface area contributed by atoms with Crippen molar-refractivity contribution in [3.8, 4) is 0 Å². The van der Waals surface area contributed by atoms with E-state index in [1.54, 1.807) is 0 Å². The lowest BCUT2D eigenvalue weighted by molar-refractivity contribution is -0.118. The van der Waals surface area contributed by atoms with E-state index in [0.29, 0.717) is 17.8 Å². The zero-order valence-corrected chi connectivity index (χ0v) is 16.6. The molecule has 148 valence electrons. The van der Waals surface area contributed by atoms with Gasteiger partial charge in [0.1, 0.15) is 0 Å². The minimum absolute atomic E-state index is 0.168. The molecule has 0 bridgehead atoms. The predicted molar refractivity (Wildman–Crippen MR) is 110 cm³/mol. The number of fused-ring (bicyclic) bond motifs is 2. The van der Waals surface area contributed by atoms with Crippen molar-refractivity contribution in [1.82, 2.24) is 10.2 Å². The molecule has 1 spiro atoms. The third kappa shape index (κ3) is 4.22. The fraction of sp³-hybridized carbons (Fsp3) is 0.696. The van der Waals surface area contributed by atoms with Crippen LogP contribution in [-0.4, -0.2) is 43.5 Å². The van der Waals surface area contributed by atoms with Gasteiger partial charge >= 0.3 is 0 Å². The Kier molecular flexibility index (Phi) is 5.84. The first-order chi connectivity index (χ1) is 13.2. The molecule has 4 rings (SSSR count). The minimum Gasteiger partial charge on any atom is -0.370 e. The molecule has 1 aromatic carbocycles. The van der Waals surface area contributed by atoms with Crippen molar-refractivity contribution in [3.63, 3.8) is 0 Å². The summed E-state index contributed by atoms with van der Waals surface area (Å²) in [5.74, 6) is 1.08. The second kappa shape index (κ2) is 8.32. The molecule has 2 saturated heterocycles. The molecule has 27 heavy (non-hydrogen) atoms. The molecule has 3 N–H and O–H groups in total. The molecule has 2 fully saturated rings. The number of hydrogen-bond donors (Lipinski definition) is 2. The van der Waals surface area contributed by atoms with Gasteiger partial charge < -0.3 is 16.0 Å². The van der Waals surface area contributed by atoms with E-state index in [4.69, 9.17) is 5.73 Å². The number of hydrogen-bond acceptors (Lipinski definition) is 3. The van der Waals surface area contributed by atoms with E-state index in [1.807, 2.05) is 0 Å². The Morgan fingerprint density at radius 1 is 1.11 bits per heavy atom. The molecule has 1 aromatic rings. The van der Waals surface area contributed by atoms with Crippen molar-refractivity contribution in [2.45, 2.75) is 62.7 Å². The van der Waals surface area contributed by atoms with Gasteiger partial charge in [-0.2, -0.15) is 0 Å². The number of nitrogens with zero attached hydrogens (tertiary/aromatic N) is 1. The summed E-state index contributed by atoms with van der Waals surface area (Å²) in [5.41, 5.74) is 8.75. The van der Waals surface area contributed by atoms with Gasteiger partial charge in [-0.3, -0.25) is 4.79 Å². The Morgan fingerprint density at radius 2 is 1.85 bits per heavy atom. The average Bonchev–Trinajstić information content (AvgIpc) is 2.71. The zero-order valence-electron chi connectivity index (χ0n) is 16.6. The lowest BCUT2D eigenvalue weighted by Crippen LogP contribution is -2.45. The van der Waals surface area contributed by atoms with Crippen LogP contribution in [0, 0.1) is 5.92 Å². The topological polar surface area (TPSA) is 58.4 Å². The van der Waals surface area contributed by atoms with E-state index in [-0.39, 0.29) is 5.91 Å². The molecule has 4 heteroatoms. The third-order valence-electron chi connectivity index (χ3n) is 7.52. The van der Waals surface area contributed by atoms with Crippen molar-refractivity contribution in [2.24, 2.45) is 11.7 Å². The summed E-state index contributed by atoms with van der Waals surface area (Å²) in [7, 11) is 0. The molecule has 2 aliphatic heterocycles. The maximum atomic E-state index is 11.5. The summed E-state index contributed by atoms with van der Waals surface area (Å²) in [6, 6.07) is 8.87. The van der Waals surface area contributed by atoms with Crippen LogP contribution >= 0.6 is 0 Å². The minimum atomic E-state index is -0.168. The van der Waals surface area contributed by atoms with E-state index in [9.17, 15) is 4.79 Å². The second-order valence-corrected chi connectivity index (χ2v) is 9.10. The van der Waals surface area contributed by atoms with Crippen LogP contribution in [0.3, 0.4) is 0 Å². The lowest BCUT2D eigenvalue weighted by atomic mass is 9.62. The molecule has 3 aliphatic rings. The van der Waals surface area contributed by atoms with Gasteiger partial charge in [0.25, 0.3) is 0 Å². The quantitative estimate of drug-likeness (QED) is 0.838. The van der Waals surface area contributed by atoms with E-state index in [2.05, 4.69) is 34.5 Å². The summed E-state index contributed by atoms with van der Waals surface area (Å²) < 4.78 is 0. The van der Waals surface area contributed by atoms with Gasteiger partial charge in [-0.25, -0.2) is 0 Å². The molecule has 1 unspecified atom stereocenters. The van der Waals surface area contributed by atoms with Gasteiger partial charge in [-0.05, 0) is 106 Å². The van der Waals surface area contributed by atoms with Crippen molar-refractivity contribution in [3.05, 3.63) is 35.4 Å². The monoisotopic (exact) mass is 369 g/mol. The Labute approximate surface area is 163 Å². The maximum Gasteiger partial charge on any atom is 0.218 e.